The van der Waals surface area contributed by atoms with Crippen LogP contribution < -0.4 is 9.47 Å². The summed E-state index contributed by atoms with van der Waals surface area (Å²) in [4.78, 5) is 12.3. The minimum absolute atomic E-state index is 0.113. The highest BCUT2D eigenvalue weighted by molar-refractivity contribution is 6.08. The lowest BCUT2D eigenvalue weighted by Crippen LogP contribution is -2.57. The Morgan fingerprint density at radius 3 is 2.32 bits per heavy atom. The summed E-state index contributed by atoms with van der Waals surface area (Å²) in [6, 6.07) is 2.17. The molecule has 0 radical (unpaired) electrons. The molecule has 4 nitrogen and oxygen atoms in total. The number of ketones is 1. The second kappa shape index (κ2) is 6.98. The quantitative estimate of drug-likeness (QED) is 0.758. The first-order valence-electron chi connectivity index (χ1n) is 10.1. The number of aliphatic hydroxyl groups is 1. The molecule has 0 amide bonds. The van der Waals surface area contributed by atoms with Crippen LogP contribution in [-0.4, -0.2) is 22.6 Å². The van der Waals surface area contributed by atoms with Gasteiger partial charge in [-0.1, -0.05) is 33.8 Å². The second-order valence-electron chi connectivity index (χ2n) is 9.04. The maximum absolute atomic E-state index is 12.3. The van der Waals surface area contributed by atoms with Crippen molar-refractivity contribution in [3.8, 4) is 11.5 Å². The fourth-order valence-corrected chi connectivity index (χ4v) is 4.36. The van der Waals surface area contributed by atoms with Crippen molar-refractivity contribution in [2.24, 2.45) is 11.8 Å². The molecule has 2 aliphatic rings. The highest BCUT2D eigenvalue weighted by atomic mass is 16.6. The van der Waals surface area contributed by atoms with Crippen molar-refractivity contribution >= 4 is 5.78 Å². The molecule has 4 heteroatoms. The van der Waals surface area contributed by atoms with E-state index >= 15 is 0 Å². The molecule has 1 spiro atoms. The van der Waals surface area contributed by atoms with Gasteiger partial charge in [0.05, 0.1) is 0 Å². The SMILES string of the molecule is CC1=CC2(Oc3c(C)cc(CC(C)C)c(C)c3OC2C(C)C)C(C)=C(O)C1=O. The van der Waals surface area contributed by atoms with Crippen molar-refractivity contribution < 1.29 is 19.4 Å². The molecule has 0 fully saturated rings. The van der Waals surface area contributed by atoms with Crippen LogP contribution in [0.3, 0.4) is 0 Å². The van der Waals surface area contributed by atoms with Gasteiger partial charge in [0.15, 0.2) is 22.9 Å². The number of hydrogen-bond acceptors (Lipinski definition) is 4. The van der Waals surface area contributed by atoms with Gasteiger partial charge in [0.1, 0.15) is 6.10 Å². The monoisotopic (exact) mass is 384 g/mol. The number of allylic oxidation sites excluding steroid dienone is 1. The van der Waals surface area contributed by atoms with E-state index < -0.39 is 5.60 Å². The molecule has 0 aromatic heterocycles. The van der Waals surface area contributed by atoms with E-state index in [-0.39, 0.29) is 23.6 Å². The van der Waals surface area contributed by atoms with Crippen LogP contribution in [0.1, 0.15) is 58.2 Å². The van der Waals surface area contributed by atoms with E-state index in [1.807, 2.05) is 13.0 Å². The van der Waals surface area contributed by atoms with Crippen LogP contribution in [0, 0.1) is 25.7 Å². The van der Waals surface area contributed by atoms with E-state index in [9.17, 15) is 9.90 Å². The van der Waals surface area contributed by atoms with Crippen LogP contribution in [0.15, 0.2) is 29.0 Å². The summed E-state index contributed by atoms with van der Waals surface area (Å²) in [7, 11) is 0. The summed E-state index contributed by atoms with van der Waals surface area (Å²) in [6.45, 7) is 16.2. The predicted molar refractivity (Wildman–Crippen MR) is 111 cm³/mol. The van der Waals surface area contributed by atoms with Crippen molar-refractivity contribution in [2.45, 2.75) is 73.5 Å². The molecule has 1 N–H and O–H groups in total. The number of hydrogen-bond donors (Lipinski definition) is 1. The number of fused-ring (bicyclic) bond motifs is 1. The van der Waals surface area contributed by atoms with Crippen molar-refractivity contribution in [3.05, 3.63) is 45.7 Å². The molecule has 1 aliphatic heterocycles. The Morgan fingerprint density at radius 1 is 1.11 bits per heavy atom. The number of aryl methyl sites for hydroxylation is 1. The average molecular weight is 385 g/mol. The normalized spacial score (nSPS) is 24.4. The van der Waals surface area contributed by atoms with Crippen molar-refractivity contribution in [1.29, 1.82) is 0 Å². The van der Waals surface area contributed by atoms with Crippen molar-refractivity contribution in [1.82, 2.24) is 0 Å². The first-order chi connectivity index (χ1) is 13.0. The van der Waals surface area contributed by atoms with E-state index in [0.717, 1.165) is 23.3 Å². The largest absolute Gasteiger partial charge is 0.504 e. The smallest absolute Gasteiger partial charge is 0.222 e. The number of aliphatic hydroxyl groups excluding tert-OH is 1. The maximum Gasteiger partial charge on any atom is 0.222 e. The van der Waals surface area contributed by atoms with Gasteiger partial charge in [0, 0.05) is 11.1 Å². The molecule has 0 bridgehead atoms. The highest BCUT2D eigenvalue weighted by Crippen LogP contribution is 2.50. The molecule has 3 rings (SSSR count). The first-order valence-corrected chi connectivity index (χ1v) is 10.1. The number of carbonyl (C=O) groups excluding carboxylic acids is 1. The Balaban J connectivity index is 2.22. The molecule has 1 aromatic rings. The molecular weight excluding hydrogens is 352 g/mol. The number of benzene rings is 1. The number of ether oxygens (including phenoxy) is 2. The third kappa shape index (κ3) is 3.03. The van der Waals surface area contributed by atoms with Crippen molar-refractivity contribution in [3.63, 3.8) is 0 Å². The molecular formula is C24H32O4. The van der Waals surface area contributed by atoms with Crippen LogP contribution >= 0.6 is 0 Å². The molecule has 1 heterocycles. The Bertz CT molecular complexity index is 888. The summed E-state index contributed by atoms with van der Waals surface area (Å²) in [5.74, 6) is 1.57. The van der Waals surface area contributed by atoms with Crippen LogP contribution in [0.25, 0.3) is 0 Å². The lowest BCUT2D eigenvalue weighted by molar-refractivity contribution is -0.116. The molecule has 2 unspecified atom stereocenters. The summed E-state index contributed by atoms with van der Waals surface area (Å²) < 4.78 is 13.2. The van der Waals surface area contributed by atoms with Gasteiger partial charge in [0.2, 0.25) is 5.78 Å². The zero-order valence-corrected chi connectivity index (χ0v) is 18.3. The molecule has 152 valence electrons. The van der Waals surface area contributed by atoms with Gasteiger partial charge >= 0.3 is 0 Å². The molecule has 2 atom stereocenters. The molecule has 1 aromatic carbocycles. The fourth-order valence-electron chi connectivity index (χ4n) is 4.36. The summed E-state index contributed by atoms with van der Waals surface area (Å²) in [5.41, 5.74) is 3.39. The van der Waals surface area contributed by atoms with Crippen LogP contribution in [0.2, 0.25) is 0 Å². The first kappa shape index (κ1) is 20.5. The number of carbonyl (C=O) groups is 1. The fraction of sp³-hybridized carbons (Fsp3) is 0.542. The standard InChI is InChI=1S/C24H32O4/c1-12(2)9-18-10-14(5)21-22(16(18)7)27-23(13(3)4)24(28-21)11-15(6)19(25)20(26)17(24)8/h10-13,23,26H,9H2,1-8H3. The Kier molecular flexibility index (Phi) is 5.11. The molecule has 0 saturated carbocycles. The van der Waals surface area contributed by atoms with Gasteiger partial charge in [-0.2, -0.15) is 0 Å². The summed E-state index contributed by atoms with van der Waals surface area (Å²) in [5, 5.41) is 10.5. The van der Waals surface area contributed by atoms with E-state index in [4.69, 9.17) is 9.47 Å². The predicted octanol–water partition coefficient (Wildman–Crippen LogP) is 5.40. The van der Waals surface area contributed by atoms with E-state index in [1.165, 1.54) is 5.56 Å². The van der Waals surface area contributed by atoms with Crippen LogP contribution in [0.4, 0.5) is 0 Å². The Labute approximate surface area is 168 Å². The minimum atomic E-state index is -0.986. The van der Waals surface area contributed by atoms with Gasteiger partial charge in [0.25, 0.3) is 0 Å². The van der Waals surface area contributed by atoms with E-state index in [0.29, 0.717) is 22.8 Å². The number of rotatable bonds is 3. The van der Waals surface area contributed by atoms with E-state index in [1.54, 1.807) is 13.8 Å². The zero-order chi connectivity index (χ0) is 21.0. The van der Waals surface area contributed by atoms with Gasteiger partial charge in [-0.3, -0.25) is 4.79 Å². The Morgan fingerprint density at radius 2 is 1.75 bits per heavy atom. The van der Waals surface area contributed by atoms with E-state index in [2.05, 4.69) is 40.7 Å². The average Bonchev–Trinajstić information content (AvgIpc) is 2.61. The van der Waals surface area contributed by atoms with Crippen LogP contribution in [-0.2, 0) is 11.2 Å². The molecule has 0 saturated heterocycles. The second-order valence-corrected chi connectivity index (χ2v) is 9.04. The van der Waals surface area contributed by atoms with Gasteiger partial charge in [-0.25, -0.2) is 0 Å². The zero-order valence-electron chi connectivity index (χ0n) is 18.3. The molecule has 28 heavy (non-hydrogen) atoms. The lowest BCUT2D eigenvalue weighted by Gasteiger charge is -2.47. The third-order valence-electron chi connectivity index (χ3n) is 5.89. The Hall–Kier alpha value is -2.23. The maximum atomic E-state index is 12.3. The lowest BCUT2D eigenvalue weighted by atomic mass is 9.76. The highest BCUT2D eigenvalue weighted by Gasteiger charge is 2.52. The van der Waals surface area contributed by atoms with Gasteiger partial charge in [-0.05, 0) is 68.7 Å². The van der Waals surface area contributed by atoms with Gasteiger partial charge < -0.3 is 14.6 Å². The molecule has 1 aliphatic carbocycles. The summed E-state index contributed by atoms with van der Waals surface area (Å²) in [6.07, 6.45) is 2.46. The topological polar surface area (TPSA) is 55.8 Å². The number of Topliss-reactive ketones (excluding diaryl/α,β-unsaturated/α-hetero) is 1. The minimum Gasteiger partial charge on any atom is -0.504 e. The van der Waals surface area contributed by atoms with Gasteiger partial charge in [-0.15, -0.1) is 0 Å². The summed E-state index contributed by atoms with van der Waals surface area (Å²) >= 11 is 0. The third-order valence-corrected chi connectivity index (χ3v) is 5.89. The van der Waals surface area contributed by atoms with Crippen molar-refractivity contribution in [2.75, 3.05) is 0 Å². The van der Waals surface area contributed by atoms with Crippen LogP contribution in [0.5, 0.6) is 11.5 Å².